The zero-order valence-corrected chi connectivity index (χ0v) is 13.2. The van der Waals surface area contributed by atoms with Crippen molar-refractivity contribution in [3.05, 3.63) is 34.9 Å². The summed E-state index contributed by atoms with van der Waals surface area (Å²) in [5.74, 6) is -2.02. The Morgan fingerprint density at radius 2 is 2.09 bits per heavy atom. The van der Waals surface area contributed by atoms with Gasteiger partial charge < -0.3 is 21.3 Å². The third kappa shape index (κ3) is 2.64. The summed E-state index contributed by atoms with van der Waals surface area (Å²) >= 11 is 1.32. The number of hydrogen-bond acceptors (Lipinski definition) is 6. The van der Waals surface area contributed by atoms with Crippen LogP contribution in [0.5, 0.6) is 0 Å². The fourth-order valence-electron chi connectivity index (χ4n) is 2.76. The van der Waals surface area contributed by atoms with Crippen LogP contribution in [0.2, 0.25) is 0 Å². The number of nitrogen functional groups attached to an aromatic ring is 1. The smallest absolute Gasteiger partial charge is 0.353 e. The number of carbonyl (C=O) groups is 2. The lowest BCUT2D eigenvalue weighted by Crippen LogP contribution is -2.60. The molecule has 3 atom stereocenters. The van der Waals surface area contributed by atoms with Crippen LogP contribution >= 0.6 is 11.8 Å². The van der Waals surface area contributed by atoms with Gasteiger partial charge in [0.25, 0.3) is 0 Å². The molecule has 122 valence electrons. The second-order valence-electron chi connectivity index (χ2n) is 5.54. The maximum Gasteiger partial charge on any atom is 0.353 e. The number of hydrogen-bond donors (Lipinski definition) is 4. The Hall–Kier alpha value is -2.19. The van der Waals surface area contributed by atoms with Gasteiger partial charge in [-0.05, 0) is 31.2 Å². The number of β-lactam (4-membered cyclic amide) rings is 1. The highest BCUT2D eigenvalue weighted by Crippen LogP contribution is 2.50. The van der Waals surface area contributed by atoms with E-state index in [4.69, 9.17) is 5.73 Å². The van der Waals surface area contributed by atoms with Gasteiger partial charge in [0.15, 0.2) is 0 Å². The summed E-state index contributed by atoms with van der Waals surface area (Å²) in [7, 11) is 0. The SMILES string of the molecule is C[C@@H](O)[C@H]1C(=O)N2C(C(=O)O)=C(CNc3ccc(N)cc3)S[C@H]12. The van der Waals surface area contributed by atoms with Crippen LogP contribution in [0.25, 0.3) is 0 Å². The van der Waals surface area contributed by atoms with Crippen molar-refractivity contribution in [2.45, 2.75) is 18.4 Å². The molecular formula is C15H17N3O4S. The Morgan fingerprint density at radius 1 is 1.43 bits per heavy atom. The minimum Gasteiger partial charge on any atom is -0.477 e. The Morgan fingerprint density at radius 3 is 2.65 bits per heavy atom. The normalized spacial score (nSPS) is 24.3. The number of aliphatic carboxylic acids is 1. The molecule has 0 radical (unpaired) electrons. The van der Waals surface area contributed by atoms with E-state index < -0.39 is 18.0 Å². The Balaban J connectivity index is 1.77. The summed E-state index contributed by atoms with van der Waals surface area (Å²) in [5, 5.41) is 21.9. The number of rotatable bonds is 5. The molecule has 0 bridgehead atoms. The monoisotopic (exact) mass is 335 g/mol. The molecule has 8 heteroatoms. The molecule has 5 N–H and O–H groups in total. The lowest BCUT2D eigenvalue weighted by molar-refractivity contribution is -0.156. The number of benzene rings is 1. The van der Waals surface area contributed by atoms with Crippen LogP contribution in [0.15, 0.2) is 34.9 Å². The third-order valence-corrected chi connectivity index (χ3v) is 5.31. The van der Waals surface area contributed by atoms with Crippen LogP contribution in [0, 0.1) is 5.92 Å². The quantitative estimate of drug-likeness (QED) is 0.466. The lowest BCUT2D eigenvalue weighted by atomic mass is 9.92. The maximum absolute atomic E-state index is 12.1. The molecule has 1 saturated heterocycles. The van der Waals surface area contributed by atoms with Crippen molar-refractivity contribution < 1.29 is 19.8 Å². The van der Waals surface area contributed by atoms with Gasteiger partial charge in [-0.3, -0.25) is 9.69 Å². The number of anilines is 2. The lowest BCUT2D eigenvalue weighted by Gasteiger charge is -2.43. The number of nitrogens with zero attached hydrogens (tertiary/aromatic N) is 1. The van der Waals surface area contributed by atoms with Crippen molar-refractivity contribution in [2.75, 3.05) is 17.6 Å². The van der Waals surface area contributed by atoms with Gasteiger partial charge in [-0.25, -0.2) is 4.79 Å². The topological polar surface area (TPSA) is 116 Å². The molecule has 2 heterocycles. The molecule has 1 fully saturated rings. The highest BCUT2D eigenvalue weighted by molar-refractivity contribution is 8.04. The molecule has 1 aromatic rings. The number of nitrogens with two attached hydrogens (primary N) is 1. The molecule has 23 heavy (non-hydrogen) atoms. The van der Waals surface area contributed by atoms with Crippen molar-refractivity contribution in [3.8, 4) is 0 Å². The first-order chi connectivity index (χ1) is 10.9. The standard InChI is InChI=1S/C15H17N3O4S/c1-7(19)11-13(20)18-12(15(21)22)10(23-14(11)18)6-17-9-4-2-8(16)3-5-9/h2-5,7,11,14,17,19H,6,16H2,1H3,(H,21,22)/t7-,11+,14-/m1/s1. The van der Waals surface area contributed by atoms with E-state index in [2.05, 4.69) is 5.32 Å². The van der Waals surface area contributed by atoms with E-state index in [-0.39, 0.29) is 17.0 Å². The van der Waals surface area contributed by atoms with Crippen LogP contribution in [0.4, 0.5) is 11.4 Å². The van der Waals surface area contributed by atoms with Gasteiger partial charge in [-0.1, -0.05) is 11.8 Å². The summed E-state index contributed by atoms with van der Waals surface area (Å²) < 4.78 is 0. The molecule has 0 saturated carbocycles. The molecule has 3 rings (SSSR count). The molecule has 0 spiro atoms. The van der Waals surface area contributed by atoms with Crippen LogP contribution < -0.4 is 11.1 Å². The van der Waals surface area contributed by atoms with Gasteiger partial charge >= 0.3 is 5.97 Å². The number of amides is 1. The zero-order chi connectivity index (χ0) is 16.7. The van der Waals surface area contributed by atoms with Crippen molar-refractivity contribution >= 4 is 35.0 Å². The first-order valence-corrected chi connectivity index (χ1v) is 8.01. The van der Waals surface area contributed by atoms with Crippen LogP contribution in [-0.2, 0) is 9.59 Å². The summed E-state index contributed by atoms with van der Waals surface area (Å²) in [6.07, 6.45) is -0.796. The van der Waals surface area contributed by atoms with Crippen LogP contribution in [0.3, 0.4) is 0 Å². The maximum atomic E-state index is 12.1. The average molecular weight is 335 g/mol. The summed E-state index contributed by atoms with van der Waals surface area (Å²) in [4.78, 5) is 25.4. The molecule has 2 aliphatic rings. The van der Waals surface area contributed by atoms with Gasteiger partial charge in [0, 0.05) is 22.8 Å². The Bertz CT molecular complexity index is 686. The zero-order valence-electron chi connectivity index (χ0n) is 12.4. The fourth-order valence-corrected chi connectivity index (χ4v) is 4.31. The van der Waals surface area contributed by atoms with Crippen molar-refractivity contribution in [2.24, 2.45) is 5.92 Å². The van der Waals surface area contributed by atoms with Gasteiger partial charge in [0.1, 0.15) is 11.1 Å². The van der Waals surface area contributed by atoms with E-state index in [1.54, 1.807) is 31.2 Å². The average Bonchev–Trinajstić information content (AvgIpc) is 2.81. The number of thioether (sulfide) groups is 1. The number of aliphatic hydroxyl groups excluding tert-OH is 1. The molecule has 0 unspecified atom stereocenters. The van der Waals surface area contributed by atoms with Gasteiger partial charge in [-0.2, -0.15) is 0 Å². The van der Waals surface area contributed by atoms with Gasteiger partial charge in [0.05, 0.1) is 12.0 Å². The molecule has 1 aromatic carbocycles. The largest absolute Gasteiger partial charge is 0.477 e. The number of carboxylic acid groups (broad SMARTS) is 1. The van der Waals surface area contributed by atoms with E-state index in [1.807, 2.05) is 0 Å². The van der Waals surface area contributed by atoms with Gasteiger partial charge in [-0.15, -0.1) is 0 Å². The predicted octanol–water partition coefficient (Wildman–Crippen LogP) is 0.889. The summed E-state index contributed by atoms with van der Waals surface area (Å²) in [6.45, 7) is 1.84. The third-order valence-electron chi connectivity index (χ3n) is 3.94. The minimum atomic E-state index is -1.13. The molecule has 1 amide bonds. The van der Waals surface area contributed by atoms with Crippen LogP contribution in [0.1, 0.15) is 6.92 Å². The van der Waals surface area contributed by atoms with E-state index >= 15 is 0 Å². The number of carbonyl (C=O) groups excluding carboxylic acids is 1. The molecule has 2 aliphatic heterocycles. The van der Waals surface area contributed by atoms with E-state index in [9.17, 15) is 19.8 Å². The van der Waals surface area contributed by atoms with Crippen molar-refractivity contribution in [3.63, 3.8) is 0 Å². The van der Waals surface area contributed by atoms with Crippen molar-refractivity contribution in [1.29, 1.82) is 0 Å². The van der Waals surface area contributed by atoms with E-state index in [0.717, 1.165) is 5.69 Å². The summed E-state index contributed by atoms with van der Waals surface area (Å²) in [5.41, 5.74) is 7.08. The number of fused-ring (bicyclic) bond motifs is 1. The Labute approximate surface area is 137 Å². The predicted molar refractivity (Wildman–Crippen MR) is 87.4 cm³/mol. The van der Waals surface area contributed by atoms with E-state index in [1.165, 1.54) is 16.7 Å². The number of nitrogens with one attached hydrogen (secondary N) is 1. The second-order valence-corrected chi connectivity index (χ2v) is 6.75. The first-order valence-electron chi connectivity index (χ1n) is 7.14. The minimum absolute atomic E-state index is 0.00449. The summed E-state index contributed by atoms with van der Waals surface area (Å²) in [6, 6.07) is 7.09. The number of carboxylic acids is 1. The second kappa shape index (κ2) is 5.78. The van der Waals surface area contributed by atoms with Gasteiger partial charge in [0.2, 0.25) is 5.91 Å². The molecule has 0 aromatic heterocycles. The highest BCUT2D eigenvalue weighted by Gasteiger charge is 2.57. The van der Waals surface area contributed by atoms with Crippen LogP contribution in [-0.4, -0.2) is 45.0 Å². The first kappa shape index (κ1) is 15.7. The fraction of sp³-hybridized carbons (Fsp3) is 0.333. The highest BCUT2D eigenvalue weighted by atomic mass is 32.2. The molecular weight excluding hydrogens is 318 g/mol. The number of aliphatic hydroxyl groups is 1. The van der Waals surface area contributed by atoms with E-state index in [0.29, 0.717) is 17.1 Å². The van der Waals surface area contributed by atoms with Crippen molar-refractivity contribution in [1.82, 2.24) is 4.90 Å². The Kier molecular flexibility index (Phi) is 3.95. The molecule has 0 aliphatic carbocycles. The molecule has 7 nitrogen and oxygen atoms in total.